The van der Waals surface area contributed by atoms with Crippen LogP contribution < -0.4 is 20.1 Å². The van der Waals surface area contributed by atoms with Gasteiger partial charge in [0.25, 0.3) is 0 Å². The van der Waals surface area contributed by atoms with Crippen molar-refractivity contribution in [2.75, 3.05) is 39.4 Å². The molecule has 3 atom stereocenters. The normalized spacial score (nSPS) is 20.7. The highest BCUT2D eigenvalue weighted by Gasteiger charge is 2.30. The smallest absolute Gasteiger partial charge is 0.243 e. The van der Waals surface area contributed by atoms with Gasteiger partial charge >= 0.3 is 0 Å². The fraction of sp³-hybridized carbons (Fsp3) is 0.407. The molecule has 1 aromatic carbocycles. The van der Waals surface area contributed by atoms with Crippen LogP contribution in [-0.2, 0) is 20.7 Å². The molecular weight excluding hydrogens is 545 g/mol. The van der Waals surface area contributed by atoms with Crippen molar-refractivity contribution in [1.29, 1.82) is 0 Å². The van der Waals surface area contributed by atoms with Crippen LogP contribution in [0.5, 0.6) is 11.5 Å². The molecule has 5 rings (SSSR count). The Morgan fingerprint density at radius 2 is 1.90 bits per heavy atom. The number of rotatable bonds is 9. The van der Waals surface area contributed by atoms with Gasteiger partial charge in [0.05, 0.1) is 72.6 Å². The lowest BCUT2D eigenvalue weighted by Gasteiger charge is -2.20. The number of nitrogens with zero attached hydrogens (tertiary/aromatic N) is 3. The van der Waals surface area contributed by atoms with Gasteiger partial charge in [0, 0.05) is 36.2 Å². The van der Waals surface area contributed by atoms with Gasteiger partial charge < -0.3 is 29.6 Å². The minimum Gasteiger partial charge on any atom is -0.495 e. The van der Waals surface area contributed by atoms with Crippen LogP contribution in [0, 0.1) is 0 Å². The molecule has 206 valence electrons. The van der Waals surface area contributed by atoms with Crippen molar-refractivity contribution >= 4 is 46.0 Å². The Morgan fingerprint density at radius 3 is 2.56 bits per heavy atom. The van der Waals surface area contributed by atoms with E-state index in [4.69, 9.17) is 52.1 Å². The van der Waals surface area contributed by atoms with E-state index in [0.717, 1.165) is 23.9 Å². The van der Waals surface area contributed by atoms with Crippen LogP contribution >= 0.6 is 23.2 Å². The average molecular weight is 574 g/mol. The Hall–Kier alpha value is -3.18. The Labute approximate surface area is 236 Å². The van der Waals surface area contributed by atoms with Crippen LogP contribution in [-0.4, -0.2) is 73.1 Å². The molecule has 0 aliphatic carbocycles. The van der Waals surface area contributed by atoms with E-state index in [1.165, 1.54) is 20.3 Å². The molecule has 0 radical (unpaired) electrons. The first-order chi connectivity index (χ1) is 18.9. The van der Waals surface area contributed by atoms with Gasteiger partial charge in [-0.1, -0.05) is 29.8 Å². The van der Waals surface area contributed by atoms with Gasteiger partial charge in [0.2, 0.25) is 11.9 Å². The van der Waals surface area contributed by atoms with Crippen molar-refractivity contribution in [3.63, 3.8) is 0 Å². The lowest BCUT2D eigenvalue weighted by molar-refractivity contribution is -0.117. The molecule has 1 amide bonds. The molecule has 10 nitrogen and oxygen atoms in total. The summed E-state index contributed by atoms with van der Waals surface area (Å²) in [6, 6.07) is 3.03. The molecule has 3 aromatic rings. The fourth-order valence-corrected chi connectivity index (χ4v) is 5.52. The molecule has 12 heteroatoms. The van der Waals surface area contributed by atoms with Gasteiger partial charge in [-0.15, -0.1) is 0 Å². The van der Waals surface area contributed by atoms with Crippen LogP contribution in [0.3, 0.4) is 0 Å². The minimum absolute atomic E-state index is 0.0230. The Kier molecular flexibility index (Phi) is 8.37. The quantitative estimate of drug-likeness (QED) is 0.363. The van der Waals surface area contributed by atoms with Crippen molar-refractivity contribution in [1.82, 2.24) is 20.3 Å². The standard InChI is InChI=1S/C27H29Cl2N5O5/c1-4-22(35)32-18-12-38-13-19(18)33-27-30-11-14-8-16(23-24(28)20(36-2)10-21(37-3)25(23)29)31-17(26(14)34-27)9-15-6-5-7-39-15/h4,8,10-11,15,18-19H,1,5-7,9,12-13H2,2-3H3,(H,32,35)(H,30,33,34)/t15?,18-,19+/m0/s1. The summed E-state index contributed by atoms with van der Waals surface area (Å²) in [7, 11) is 3.06. The predicted molar refractivity (Wildman–Crippen MR) is 149 cm³/mol. The van der Waals surface area contributed by atoms with E-state index < -0.39 is 0 Å². The van der Waals surface area contributed by atoms with Gasteiger partial charge in [-0.05, 0) is 25.0 Å². The van der Waals surface area contributed by atoms with Crippen LogP contribution in [0.1, 0.15) is 18.5 Å². The number of benzene rings is 1. The Bertz CT molecular complexity index is 1370. The summed E-state index contributed by atoms with van der Waals surface area (Å²) in [5, 5.41) is 7.58. The van der Waals surface area contributed by atoms with E-state index in [0.29, 0.717) is 70.5 Å². The summed E-state index contributed by atoms with van der Waals surface area (Å²) in [6.45, 7) is 5.01. The summed E-state index contributed by atoms with van der Waals surface area (Å²) >= 11 is 13.4. The molecule has 0 saturated carbocycles. The molecule has 2 aliphatic heterocycles. The molecule has 39 heavy (non-hydrogen) atoms. The topological polar surface area (TPSA) is 117 Å². The Morgan fingerprint density at radius 1 is 1.15 bits per heavy atom. The highest BCUT2D eigenvalue weighted by molar-refractivity contribution is 6.41. The molecule has 2 fully saturated rings. The number of ether oxygens (including phenoxy) is 4. The minimum atomic E-state index is -0.265. The summed E-state index contributed by atoms with van der Waals surface area (Å²) in [5.41, 5.74) is 2.45. The largest absolute Gasteiger partial charge is 0.495 e. The SMILES string of the molecule is C=CC(=O)N[C@H]1COC[C@H]1Nc1ncc2cc(-c3c(Cl)c(OC)cc(OC)c3Cl)nc(CC3CCCO3)c2n1. The van der Waals surface area contributed by atoms with E-state index in [1.54, 1.807) is 12.3 Å². The van der Waals surface area contributed by atoms with E-state index in [1.807, 2.05) is 6.07 Å². The van der Waals surface area contributed by atoms with Gasteiger partial charge in [-0.2, -0.15) is 0 Å². The zero-order chi connectivity index (χ0) is 27.5. The molecule has 0 bridgehead atoms. The zero-order valence-electron chi connectivity index (χ0n) is 21.6. The lowest BCUT2D eigenvalue weighted by atomic mass is 10.0. The molecule has 2 aliphatic rings. The molecule has 2 saturated heterocycles. The number of pyridine rings is 1. The van der Waals surface area contributed by atoms with Crippen LogP contribution in [0.4, 0.5) is 5.95 Å². The third-order valence-electron chi connectivity index (χ3n) is 6.82. The van der Waals surface area contributed by atoms with Crippen LogP contribution in [0.15, 0.2) is 31.0 Å². The highest BCUT2D eigenvalue weighted by atomic mass is 35.5. The number of hydrogen-bond acceptors (Lipinski definition) is 9. The van der Waals surface area contributed by atoms with Crippen molar-refractivity contribution in [3.8, 4) is 22.8 Å². The first-order valence-corrected chi connectivity index (χ1v) is 13.3. The van der Waals surface area contributed by atoms with E-state index in [9.17, 15) is 4.79 Å². The maximum absolute atomic E-state index is 11.8. The first-order valence-electron chi connectivity index (χ1n) is 12.6. The third kappa shape index (κ3) is 5.74. The van der Waals surface area contributed by atoms with Crippen LogP contribution in [0.2, 0.25) is 10.0 Å². The fourth-order valence-electron chi connectivity index (χ4n) is 4.82. The second kappa shape index (κ2) is 11.9. The van der Waals surface area contributed by atoms with Gasteiger partial charge in [0.1, 0.15) is 11.5 Å². The number of carbonyl (C=O) groups excluding carboxylic acids is 1. The monoisotopic (exact) mass is 573 g/mol. The van der Waals surface area contributed by atoms with Crippen molar-refractivity contribution in [2.24, 2.45) is 0 Å². The number of halogens is 2. The number of anilines is 1. The summed E-state index contributed by atoms with van der Waals surface area (Å²) in [5.74, 6) is 0.975. The first kappa shape index (κ1) is 27.4. The number of aromatic nitrogens is 3. The van der Waals surface area contributed by atoms with E-state index >= 15 is 0 Å². The number of amides is 1. The third-order valence-corrected chi connectivity index (χ3v) is 7.57. The molecule has 4 heterocycles. The van der Waals surface area contributed by atoms with Gasteiger partial charge in [0.15, 0.2) is 0 Å². The van der Waals surface area contributed by atoms with Crippen molar-refractivity contribution in [3.05, 3.63) is 46.7 Å². The average Bonchev–Trinajstić information content (AvgIpc) is 3.61. The maximum Gasteiger partial charge on any atom is 0.243 e. The molecule has 2 aromatic heterocycles. The van der Waals surface area contributed by atoms with E-state index in [-0.39, 0.29) is 24.1 Å². The molecule has 1 unspecified atom stereocenters. The second-order valence-electron chi connectivity index (χ2n) is 9.32. The molecule has 2 N–H and O–H groups in total. The number of methoxy groups -OCH3 is 2. The predicted octanol–water partition coefficient (Wildman–Crippen LogP) is 4.22. The Balaban J connectivity index is 1.56. The van der Waals surface area contributed by atoms with Gasteiger partial charge in [-0.3, -0.25) is 9.78 Å². The maximum atomic E-state index is 11.8. The van der Waals surface area contributed by atoms with E-state index in [2.05, 4.69) is 22.2 Å². The van der Waals surface area contributed by atoms with Crippen LogP contribution in [0.25, 0.3) is 22.2 Å². The highest BCUT2D eigenvalue weighted by Crippen LogP contribution is 2.46. The zero-order valence-corrected chi connectivity index (χ0v) is 23.1. The van der Waals surface area contributed by atoms with Gasteiger partial charge in [-0.25, -0.2) is 9.97 Å². The summed E-state index contributed by atoms with van der Waals surface area (Å²) < 4.78 is 22.4. The number of hydrogen-bond donors (Lipinski definition) is 2. The lowest BCUT2D eigenvalue weighted by Crippen LogP contribution is -2.45. The molecular formula is C27H29Cl2N5O5. The summed E-state index contributed by atoms with van der Waals surface area (Å²) in [4.78, 5) is 26.2. The molecule has 0 spiro atoms. The van der Waals surface area contributed by atoms with Crippen molar-refractivity contribution in [2.45, 2.75) is 37.5 Å². The number of fused-ring (bicyclic) bond motifs is 1. The second-order valence-corrected chi connectivity index (χ2v) is 10.1. The summed E-state index contributed by atoms with van der Waals surface area (Å²) in [6.07, 6.45) is 5.47. The number of nitrogens with one attached hydrogen (secondary N) is 2. The number of carbonyl (C=O) groups is 1. The van der Waals surface area contributed by atoms with Crippen molar-refractivity contribution < 1.29 is 23.7 Å².